The fourth-order valence-electron chi connectivity index (χ4n) is 2.72. The number of nitrogens with zero attached hydrogens (tertiary/aromatic N) is 2. The van der Waals surface area contributed by atoms with Crippen LogP contribution < -0.4 is 10.1 Å². The van der Waals surface area contributed by atoms with Gasteiger partial charge in [-0.05, 0) is 25.0 Å². The van der Waals surface area contributed by atoms with Crippen LogP contribution >= 0.6 is 0 Å². The van der Waals surface area contributed by atoms with Gasteiger partial charge in [-0.25, -0.2) is 4.79 Å². The molecule has 0 unspecified atom stereocenters. The van der Waals surface area contributed by atoms with Gasteiger partial charge in [0.05, 0.1) is 0 Å². The molecule has 3 rings (SSSR count). The average molecular weight is 285 g/mol. The Kier molecular flexibility index (Phi) is 3.41. The zero-order valence-corrected chi connectivity index (χ0v) is 12.3. The number of aromatic nitrogens is 2. The fraction of sp³-hybridized carbons (Fsp3) is 0.375. The van der Waals surface area contributed by atoms with Crippen LogP contribution in [0.15, 0.2) is 36.4 Å². The van der Waals surface area contributed by atoms with Crippen molar-refractivity contribution in [2.24, 2.45) is 0 Å². The van der Waals surface area contributed by atoms with Gasteiger partial charge in [-0.3, -0.25) is 10.00 Å². The number of amides is 1. The summed E-state index contributed by atoms with van der Waals surface area (Å²) in [5.41, 5.74) is 1.25. The Labute approximate surface area is 123 Å². The predicted molar refractivity (Wildman–Crippen MR) is 80.6 cm³/mol. The molecule has 0 bridgehead atoms. The van der Waals surface area contributed by atoms with E-state index in [2.05, 4.69) is 24.3 Å². The van der Waals surface area contributed by atoms with Gasteiger partial charge in [-0.2, -0.15) is 5.10 Å². The summed E-state index contributed by atoms with van der Waals surface area (Å²) in [5, 5.41) is 7.13. The normalized spacial score (nSPS) is 16.1. The number of ether oxygens (including phenoxy) is 1. The molecule has 1 aliphatic heterocycles. The van der Waals surface area contributed by atoms with E-state index in [1.165, 1.54) is 0 Å². The monoisotopic (exact) mass is 285 g/mol. The van der Waals surface area contributed by atoms with E-state index < -0.39 is 6.09 Å². The summed E-state index contributed by atoms with van der Waals surface area (Å²) in [6.45, 7) is 5.30. The Morgan fingerprint density at radius 1 is 1.33 bits per heavy atom. The van der Waals surface area contributed by atoms with Crippen LogP contribution in [0.3, 0.4) is 0 Å². The van der Waals surface area contributed by atoms with Crippen LogP contribution in [0.25, 0.3) is 0 Å². The van der Waals surface area contributed by atoms with Gasteiger partial charge in [0.25, 0.3) is 0 Å². The van der Waals surface area contributed by atoms with Crippen LogP contribution in [0.5, 0.6) is 5.75 Å². The molecule has 2 heterocycles. The number of rotatable bonds is 2. The second kappa shape index (κ2) is 5.24. The van der Waals surface area contributed by atoms with E-state index in [1.54, 1.807) is 12.1 Å². The van der Waals surface area contributed by atoms with Crippen molar-refractivity contribution >= 4 is 11.9 Å². The molecule has 5 nitrogen and oxygen atoms in total. The summed E-state index contributed by atoms with van der Waals surface area (Å²) in [7, 11) is 0. The molecule has 0 saturated carbocycles. The smallest absolute Gasteiger partial charge is 0.410 e. The van der Waals surface area contributed by atoms with E-state index in [0.717, 1.165) is 25.1 Å². The topological polar surface area (TPSA) is 56.2 Å². The van der Waals surface area contributed by atoms with Crippen LogP contribution in [0.4, 0.5) is 10.6 Å². The molecule has 0 radical (unpaired) electrons. The Morgan fingerprint density at radius 2 is 2.10 bits per heavy atom. The first-order valence-corrected chi connectivity index (χ1v) is 7.17. The van der Waals surface area contributed by atoms with E-state index in [-0.39, 0.29) is 5.41 Å². The number of carbonyl (C=O) groups is 1. The standard InChI is InChI=1S/C16H19N3O2/c1-16(2)9-6-10-19-13(16)11-14(18-19)17-15(20)21-12-7-4-3-5-8-12/h3-5,7-8,11H,6,9-10H2,1-2H3,(H,17,18,20). The lowest BCUT2D eigenvalue weighted by Crippen LogP contribution is -2.27. The van der Waals surface area contributed by atoms with Crippen molar-refractivity contribution < 1.29 is 9.53 Å². The maximum absolute atomic E-state index is 11.9. The van der Waals surface area contributed by atoms with Gasteiger partial charge in [0.2, 0.25) is 0 Å². The molecule has 0 saturated heterocycles. The minimum absolute atomic E-state index is 0.0918. The molecule has 1 aliphatic rings. The molecule has 110 valence electrons. The van der Waals surface area contributed by atoms with Gasteiger partial charge in [0.15, 0.2) is 5.82 Å². The second-order valence-corrected chi connectivity index (χ2v) is 5.95. The van der Waals surface area contributed by atoms with Crippen LogP contribution in [-0.4, -0.2) is 15.9 Å². The molecule has 21 heavy (non-hydrogen) atoms. The molecule has 2 aromatic rings. The van der Waals surface area contributed by atoms with Crippen molar-refractivity contribution in [3.05, 3.63) is 42.1 Å². The Morgan fingerprint density at radius 3 is 2.81 bits per heavy atom. The van der Waals surface area contributed by atoms with E-state index in [1.807, 2.05) is 28.9 Å². The molecular weight excluding hydrogens is 266 g/mol. The zero-order valence-electron chi connectivity index (χ0n) is 12.3. The zero-order chi connectivity index (χ0) is 14.9. The number of nitrogens with one attached hydrogen (secondary N) is 1. The average Bonchev–Trinajstić information content (AvgIpc) is 2.83. The summed E-state index contributed by atoms with van der Waals surface area (Å²) >= 11 is 0. The lowest BCUT2D eigenvalue weighted by atomic mass is 9.82. The number of fused-ring (bicyclic) bond motifs is 1. The molecule has 0 fully saturated rings. The number of hydrogen-bond donors (Lipinski definition) is 1. The lowest BCUT2D eigenvalue weighted by Gasteiger charge is -2.30. The van der Waals surface area contributed by atoms with Crippen molar-refractivity contribution in [2.45, 2.75) is 38.6 Å². The molecule has 0 spiro atoms. The largest absolute Gasteiger partial charge is 0.418 e. The third-order valence-electron chi connectivity index (χ3n) is 3.83. The third kappa shape index (κ3) is 2.91. The van der Waals surface area contributed by atoms with Crippen LogP contribution in [0.2, 0.25) is 0 Å². The molecule has 1 amide bonds. The number of carbonyl (C=O) groups excluding carboxylic acids is 1. The van der Waals surface area contributed by atoms with Gasteiger partial charge in [-0.1, -0.05) is 32.0 Å². The molecule has 0 atom stereocenters. The molecular formula is C16H19N3O2. The van der Waals surface area contributed by atoms with E-state index in [0.29, 0.717) is 11.6 Å². The van der Waals surface area contributed by atoms with Gasteiger partial charge < -0.3 is 4.74 Å². The number of benzene rings is 1. The molecule has 0 aliphatic carbocycles. The SMILES string of the molecule is CC1(C)CCCn2nc(NC(=O)Oc3ccccc3)cc21. The first-order chi connectivity index (χ1) is 10.0. The Hall–Kier alpha value is -2.30. The van der Waals surface area contributed by atoms with E-state index in [4.69, 9.17) is 4.74 Å². The Bertz CT molecular complexity index is 647. The summed E-state index contributed by atoms with van der Waals surface area (Å²) in [6.07, 6.45) is 1.72. The minimum atomic E-state index is -0.519. The molecule has 1 aromatic heterocycles. The van der Waals surface area contributed by atoms with Gasteiger partial charge in [0.1, 0.15) is 5.75 Å². The quantitative estimate of drug-likeness (QED) is 0.917. The summed E-state index contributed by atoms with van der Waals surface area (Å²) < 4.78 is 7.18. The molecule has 1 aromatic carbocycles. The van der Waals surface area contributed by atoms with Gasteiger partial charge in [0, 0.05) is 23.7 Å². The van der Waals surface area contributed by atoms with Crippen molar-refractivity contribution in [1.29, 1.82) is 0 Å². The highest BCUT2D eigenvalue weighted by Crippen LogP contribution is 2.34. The highest BCUT2D eigenvalue weighted by molar-refractivity contribution is 5.85. The summed E-state index contributed by atoms with van der Waals surface area (Å²) in [6, 6.07) is 10.9. The minimum Gasteiger partial charge on any atom is -0.410 e. The van der Waals surface area contributed by atoms with Crippen LogP contribution in [0.1, 0.15) is 32.4 Å². The van der Waals surface area contributed by atoms with Gasteiger partial charge in [-0.15, -0.1) is 0 Å². The maximum Gasteiger partial charge on any atom is 0.418 e. The van der Waals surface area contributed by atoms with Crippen LogP contribution in [0, 0.1) is 0 Å². The number of hydrogen-bond acceptors (Lipinski definition) is 3. The highest BCUT2D eigenvalue weighted by atomic mass is 16.6. The predicted octanol–water partition coefficient (Wildman–Crippen LogP) is 3.57. The van der Waals surface area contributed by atoms with Crippen molar-refractivity contribution in [3.63, 3.8) is 0 Å². The van der Waals surface area contributed by atoms with E-state index >= 15 is 0 Å². The highest BCUT2D eigenvalue weighted by Gasteiger charge is 2.29. The van der Waals surface area contributed by atoms with E-state index in [9.17, 15) is 4.79 Å². The maximum atomic E-state index is 11.9. The lowest BCUT2D eigenvalue weighted by molar-refractivity contribution is 0.215. The number of aryl methyl sites for hydroxylation is 1. The Balaban J connectivity index is 1.71. The summed E-state index contributed by atoms with van der Waals surface area (Å²) in [5.74, 6) is 1.06. The molecule has 1 N–H and O–H groups in total. The third-order valence-corrected chi connectivity index (χ3v) is 3.83. The summed E-state index contributed by atoms with van der Waals surface area (Å²) in [4.78, 5) is 11.9. The van der Waals surface area contributed by atoms with Crippen molar-refractivity contribution in [3.8, 4) is 5.75 Å². The number of anilines is 1. The molecule has 5 heteroatoms. The first-order valence-electron chi connectivity index (χ1n) is 7.17. The number of para-hydroxylation sites is 1. The second-order valence-electron chi connectivity index (χ2n) is 5.95. The van der Waals surface area contributed by atoms with Crippen molar-refractivity contribution in [1.82, 2.24) is 9.78 Å². The first kappa shape index (κ1) is 13.7. The van der Waals surface area contributed by atoms with Crippen LogP contribution in [-0.2, 0) is 12.0 Å². The van der Waals surface area contributed by atoms with Gasteiger partial charge >= 0.3 is 6.09 Å². The van der Waals surface area contributed by atoms with Crippen molar-refractivity contribution in [2.75, 3.05) is 5.32 Å². The fourth-order valence-corrected chi connectivity index (χ4v) is 2.72.